The van der Waals surface area contributed by atoms with Gasteiger partial charge in [0.2, 0.25) is 0 Å². The van der Waals surface area contributed by atoms with Crippen LogP contribution in [0.1, 0.15) is 5.56 Å². The molecule has 6 aromatic carbocycles. The van der Waals surface area contributed by atoms with E-state index in [1.54, 1.807) is 24.3 Å². The molecule has 0 saturated carbocycles. The average Bonchev–Trinajstić information content (AvgIpc) is 2.97. The minimum atomic E-state index is -0.0819. The van der Waals surface area contributed by atoms with Gasteiger partial charge in [0, 0.05) is 34.2 Å². The first-order valence-electron chi connectivity index (χ1n) is 12.5. The number of terminal acetylenes is 1. The molecule has 0 radical (unpaired) electrons. The van der Waals surface area contributed by atoms with E-state index in [1.807, 2.05) is 66.7 Å². The molecule has 40 heavy (non-hydrogen) atoms. The Labute approximate surface area is 230 Å². The summed E-state index contributed by atoms with van der Waals surface area (Å²) < 4.78 is 12.8. The molecule has 0 bridgehead atoms. The Balaban J connectivity index is 1.68. The maximum absolute atomic E-state index is 10.2. The summed E-state index contributed by atoms with van der Waals surface area (Å²) in [5.74, 6) is 4.49. The summed E-state index contributed by atoms with van der Waals surface area (Å²) in [6, 6.07) is 30.9. The Morgan fingerprint density at radius 1 is 0.600 bits per heavy atom. The number of nitrogens with two attached hydrogens (primary N) is 2. The highest BCUT2D eigenvalue weighted by Gasteiger charge is 2.22. The van der Waals surface area contributed by atoms with Crippen molar-refractivity contribution in [2.75, 3.05) is 11.5 Å². The molecule has 0 saturated heterocycles. The van der Waals surface area contributed by atoms with Gasteiger partial charge in [0.1, 0.15) is 34.5 Å². The molecule has 0 aliphatic carbocycles. The molecule has 0 unspecified atom stereocenters. The SMILES string of the molecule is C#Cc1cccc2ccc(Oc3ccc(N)c(O)c3)c(-c3c(Oc4ccc(N)c(O)c4)ccc4ccccc34)c12. The highest BCUT2D eigenvalue weighted by Crippen LogP contribution is 2.48. The molecule has 6 heteroatoms. The number of phenolic OH excluding ortho intramolecular Hbond substituents is 2. The van der Waals surface area contributed by atoms with Crippen molar-refractivity contribution >= 4 is 32.9 Å². The Hall–Kier alpha value is -5.80. The van der Waals surface area contributed by atoms with Crippen LogP contribution in [0.25, 0.3) is 32.7 Å². The van der Waals surface area contributed by atoms with E-state index in [0.29, 0.717) is 34.1 Å². The number of anilines is 2. The first-order valence-corrected chi connectivity index (χ1v) is 12.5. The smallest absolute Gasteiger partial charge is 0.142 e. The van der Waals surface area contributed by atoms with E-state index >= 15 is 0 Å². The summed E-state index contributed by atoms with van der Waals surface area (Å²) in [7, 11) is 0. The fourth-order valence-electron chi connectivity index (χ4n) is 4.84. The molecule has 0 aliphatic heterocycles. The van der Waals surface area contributed by atoms with E-state index in [0.717, 1.165) is 27.1 Å². The van der Waals surface area contributed by atoms with Crippen molar-refractivity contribution in [3.8, 4) is 58.0 Å². The molecule has 0 amide bonds. The lowest BCUT2D eigenvalue weighted by atomic mass is 9.90. The van der Waals surface area contributed by atoms with E-state index in [1.165, 1.54) is 12.1 Å². The summed E-state index contributed by atoms with van der Waals surface area (Å²) in [6.45, 7) is 0. The van der Waals surface area contributed by atoms with Gasteiger partial charge in [-0.3, -0.25) is 0 Å². The Morgan fingerprint density at radius 3 is 1.80 bits per heavy atom. The molecular weight excluding hydrogens is 500 g/mol. The normalized spacial score (nSPS) is 10.9. The first kappa shape index (κ1) is 24.5. The van der Waals surface area contributed by atoms with Crippen LogP contribution in [-0.2, 0) is 0 Å². The van der Waals surface area contributed by atoms with E-state index in [4.69, 9.17) is 27.4 Å². The number of fused-ring (bicyclic) bond motifs is 2. The van der Waals surface area contributed by atoms with Gasteiger partial charge in [-0.2, -0.15) is 0 Å². The molecule has 6 rings (SSSR count). The molecule has 6 aromatic rings. The molecule has 0 aliphatic rings. The van der Waals surface area contributed by atoms with E-state index in [9.17, 15) is 10.2 Å². The van der Waals surface area contributed by atoms with Gasteiger partial charge in [-0.05, 0) is 58.6 Å². The molecule has 0 atom stereocenters. The van der Waals surface area contributed by atoms with Crippen LogP contribution < -0.4 is 20.9 Å². The van der Waals surface area contributed by atoms with Crippen molar-refractivity contribution in [2.24, 2.45) is 0 Å². The number of hydrogen-bond acceptors (Lipinski definition) is 6. The van der Waals surface area contributed by atoms with E-state index < -0.39 is 0 Å². The summed E-state index contributed by atoms with van der Waals surface area (Å²) >= 11 is 0. The van der Waals surface area contributed by atoms with Crippen molar-refractivity contribution < 1.29 is 19.7 Å². The molecule has 0 heterocycles. The second-order valence-electron chi connectivity index (χ2n) is 9.29. The quantitative estimate of drug-likeness (QED) is 0.104. The fourth-order valence-corrected chi connectivity index (χ4v) is 4.84. The van der Waals surface area contributed by atoms with Crippen LogP contribution in [0.5, 0.6) is 34.5 Å². The molecule has 0 spiro atoms. The standard InChI is InChI=1S/C34H24N2O4/c1-2-20-7-5-8-22-11-17-31(40-24-13-15-27(36)29(38)19-24)34(32(20)22)33-25-9-4-3-6-21(25)10-16-30(33)39-23-12-14-26(35)28(37)18-23/h1,3-19,37-38H,35-36H2. The van der Waals surface area contributed by atoms with Gasteiger partial charge < -0.3 is 31.2 Å². The minimum Gasteiger partial charge on any atom is -0.506 e. The minimum absolute atomic E-state index is 0.0770. The van der Waals surface area contributed by atoms with Gasteiger partial charge in [0.05, 0.1) is 11.4 Å². The third-order valence-electron chi connectivity index (χ3n) is 6.76. The first-order chi connectivity index (χ1) is 19.4. The van der Waals surface area contributed by atoms with Crippen molar-refractivity contribution in [3.63, 3.8) is 0 Å². The lowest BCUT2D eigenvalue weighted by Gasteiger charge is -2.20. The molecular formula is C34H24N2O4. The zero-order valence-corrected chi connectivity index (χ0v) is 21.3. The van der Waals surface area contributed by atoms with Crippen LogP contribution in [-0.4, -0.2) is 10.2 Å². The van der Waals surface area contributed by atoms with Crippen LogP contribution in [0, 0.1) is 12.3 Å². The zero-order valence-electron chi connectivity index (χ0n) is 21.3. The van der Waals surface area contributed by atoms with Gasteiger partial charge in [-0.1, -0.05) is 54.5 Å². The number of phenols is 2. The molecule has 194 valence electrons. The topological polar surface area (TPSA) is 111 Å². The highest BCUT2D eigenvalue weighted by atomic mass is 16.5. The Kier molecular flexibility index (Phi) is 6.02. The maximum Gasteiger partial charge on any atom is 0.142 e. The van der Waals surface area contributed by atoms with Gasteiger partial charge >= 0.3 is 0 Å². The fraction of sp³-hybridized carbons (Fsp3) is 0. The average molecular weight is 525 g/mol. The molecule has 6 N–H and O–H groups in total. The molecule has 0 fully saturated rings. The predicted molar refractivity (Wildman–Crippen MR) is 160 cm³/mol. The van der Waals surface area contributed by atoms with Gasteiger partial charge in [-0.25, -0.2) is 0 Å². The van der Waals surface area contributed by atoms with Crippen LogP contribution in [0.15, 0.2) is 103 Å². The Morgan fingerprint density at radius 2 is 1.18 bits per heavy atom. The third kappa shape index (κ3) is 4.32. The number of ether oxygens (including phenoxy) is 2. The summed E-state index contributed by atoms with van der Waals surface area (Å²) in [5, 5.41) is 24.1. The number of rotatable bonds is 5. The zero-order chi connectivity index (χ0) is 27.8. The van der Waals surface area contributed by atoms with Crippen LogP contribution >= 0.6 is 0 Å². The largest absolute Gasteiger partial charge is 0.506 e. The molecule has 0 aromatic heterocycles. The summed E-state index contributed by atoms with van der Waals surface area (Å²) in [6.07, 6.45) is 6.00. The van der Waals surface area contributed by atoms with Gasteiger partial charge in [0.25, 0.3) is 0 Å². The van der Waals surface area contributed by atoms with E-state index in [2.05, 4.69) is 5.92 Å². The predicted octanol–water partition coefficient (Wildman–Crippen LogP) is 7.80. The number of benzene rings is 6. The lowest BCUT2D eigenvalue weighted by molar-refractivity contribution is 0.454. The highest BCUT2D eigenvalue weighted by molar-refractivity contribution is 6.11. The van der Waals surface area contributed by atoms with Crippen molar-refractivity contribution in [3.05, 3.63) is 109 Å². The van der Waals surface area contributed by atoms with Crippen LogP contribution in [0.2, 0.25) is 0 Å². The van der Waals surface area contributed by atoms with Crippen LogP contribution in [0.3, 0.4) is 0 Å². The number of nitrogen functional groups attached to an aromatic ring is 2. The second kappa shape index (κ2) is 9.82. The van der Waals surface area contributed by atoms with Crippen molar-refractivity contribution in [1.29, 1.82) is 0 Å². The van der Waals surface area contributed by atoms with E-state index in [-0.39, 0.29) is 22.9 Å². The number of aromatic hydroxyl groups is 2. The summed E-state index contributed by atoms with van der Waals surface area (Å²) in [4.78, 5) is 0. The number of hydrogen-bond donors (Lipinski definition) is 4. The molecule has 6 nitrogen and oxygen atoms in total. The Bertz CT molecular complexity index is 1970. The summed E-state index contributed by atoms with van der Waals surface area (Å²) in [5.41, 5.74) is 14.3. The van der Waals surface area contributed by atoms with Crippen molar-refractivity contribution in [2.45, 2.75) is 0 Å². The maximum atomic E-state index is 10.2. The van der Waals surface area contributed by atoms with Gasteiger partial charge in [-0.15, -0.1) is 6.42 Å². The second-order valence-corrected chi connectivity index (χ2v) is 9.29. The van der Waals surface area contributed by atoms with Crippen molar-refractivity contribution in [1.82, 2.24) is 0 Å². The van der Waals surface area contributed by atoms with Gasteiger partial charge in [0.15, 0.2) is 0 Å². The monoisotopic (exact) mass is 524 g/mol. The third-order valence-corrected chi connectivity index (χ3v) is 6.76. The van der Waals surface area contributed by atoms with Crippen LogP contribution in [0.4, 0.5) is 11.4 Å². The lowest BCUT2D eigenvalue weighted by Crippen LogP contribution is -1.96.